The fourth-order valence-corrected chi connectivity index (χ4v) is 3.04. The van der Waals surface area contributed by atoms with Crippen LogP contribution < -0.4 is 10.6 Å². The third kappa shape index (κ3) is 8.19. The summed E-state index contributed by atoms with van der Waals surface area (Å²) >= 11 is 0. The molecule has 7 nitrogen and oxygen atoms in total. The van der Waals surface area contributed by atoms with E-state index in [-0.39, 0.29) is 23.0 Å². The summed E-state index contributed by atoms with van der Waals surface area (Å²) in [4.78, 5) is 0. The van der Waals surface area contributed by atoms with Crippen molar-refractivity contribution < 1.29 is 25.5 Å². The minimum Gasteiger partial charge on any atom is -0.504 e. The lowest BCUT2D eigenvalue weighted by molar-refractivity contribution is 0.174. The molecule has 0 aliphatic rings. The summed E-state index contributed by atoms with van der Waals surface area (Å²) in [6, 6.07) is 9.25. The van der Waals surface area contributed by atoms with Crippen LogP contribution in [0.3, 0.4) is 0 Å². The molecule has 0 heterocycles. The minimum atomic E-state index is -0.721. The van der Waals surface area contributed by atoms with Crippen LogP contribution in [0, 0.1) is 0 Å². The first-order valence-corrected chi connectivity index (χ1v) is 10.1. The Morgan fingerprint density at radius 1 is 0.655 bits per heavy atom. The van der Waals surface area contributed by atoms with Crippen LogP contribution in [-0.4, -0.2) is 51.7 Å². The Hall–Kier alpha value is -2.48. The molecule has 0 radical (unpaired) electrons. The predicted molar refractivity (Wildman–Crippen MR) is 112 cm³/mol. The Balaban J connectivity index is 1.44. The number of aliphatic hydroxyl groups excluding tert-OH is 1. The highest BCUT2D eigenvalue weighted by Gasteiger charge is 2.09. The van der Waals surface area contributed by atoms with Gasteiger partial charge in [-0.2, -0.15) is 0 Å². The summed E-state index contributed by atoms with van der Waals surface area (Å²) in [6.45, 7) is 2.99. The molecule has 160 valence electrons. The summed E-state index contributed by atoms with van der Waals surface area (Å²) in [5.41, 5.74) is 1.56. The van der Waals surface area contributed by atoms with E-state index in [0.717, 1.165) is 57.3 Å². The van der Waals surface area contributed by atoms with Crippen molar-refractivity contribution in [2.75, 3.05) is 26.2 Å². The highest BCUT2D eigenvalue weighted by Crippen LogP contribution is 2.27. The van der Waals surface area contributed by atoms with Gasteiger partial charge in [-0.25, -0.2) is 0 Å². The average Bonchev–Trinajstić information content (AvgIpc) is 2.70. The molecular weight excluding hydrogens is 372 g/mol. The molecule has 0 aliphatic heterocycles. The summed E-state index contributed by atoms with van der Waals surface area (Å²) in [6.07, 6.45) is 4.44. The van der Waals surface area contributed by atoms with Crippen molar-refractivity contribution in [1.82, 2.24) is 10.6 Å². The standard InChI is InChI=1S/C22H32N2O5/c25-18-7-5-16(13-20(18)27)9-12-23-10-3-1-2-4-11-24-15-22(29)17-6-8-19(26)21(28)14-17/h5-8,13-14,22-29H,1-4,9-12,15H2. The lowest BCUT2D eigenvalue weighted by Gasteiger charge is -2.13. The van der Waals surface area contributed by atoms with Crippen molar-refractivity contribution in [3.8, 4) is 23.0 Å². The molecule has 0 fully saturated rings. The van der Waals surface area contributed by atoms with Crippen molar-refractivity contribution in [3.63, 3.8) is 0 Å². The number of benzene rings is 2. The van der Waals surface area contributed by atoms with E-state index < -0.39 is 6.10 Å². The summed E-state index contributed by atoms with van der Waals surface area (Å²) in [5.74, 6) is -0.588. The van der Waals surface area contributed by atoms with Crippen LogP contribution in [-0.2, 0) is 6.42 Å². The van der Waals surface area contributed by atoms with E-state index in [1.807, 2.05) is 6.07 Å². The number of hydrogen-bond donors (Lipinski definition) is 7. The van der Waals surface area contributed by atoms with Gasteiger partial charge in [-0.05, 0) is 74.3 Å². The fraction of sp³-hybridized carbons (Fsp3) is 0.455. The monoisotopic (exact) mass is 404 g/mol. The van der Waals surface area contributed by atoms with Gasteiger partial charge in [-0.3, -0.25) is 0 Å². The predicted octanol–water partition coefficient (Wildman–Crippen LogP) is 2.52. The second-order valence-corrected chi connectivity index (χ2v) is 7.21. The quantitative estimate of drug-likeness (QED) is 0.202. The highest BCUT2D eigenvalue weighted by molar-refractivity contribution is 5.41. The zero-order chi connectivity index (χ0) is 21.1. The number of aliphatic hydroxyl groups is 1. The summed E-state index contributed by atoms with van der Waals surface area (Å²) < 4.78 is 0. The van der Waals surface area contributed by atoms with Gasteiger partial charge in [0.25, 0.3) is 0 Å². The van der Waals surface area contributed by atoms with Crippen molar-refractivity contribution in [2.45, 2.75) is 38.2 Å². The van der Waals surface area contributed by atoms with Gasteiger partial charge < -0.3 is 36.2 Å². The molecule has 0 aromatic heterocycles. The first kappa shape index (κ1) is 22.8. The molecule has 29 heavy (non-hydrogen) atoms. The third-order valence-corrected chi connectivity index (χ3v) is 4.81. The van der Waals surface area contributed by atoms with Crippen LogP contribution in [0.15, 0.2) is 36.4 Å². The van der Waals surface area contributed by atoms with Crippen molar-refractivity contribution >= 4 is 0 Å². The van der Waals surface area contributed by atoms with Crippen LogP contribution in [0.1, 0.15) is 42.9 Å². The number of unbranched alkanes of at least 4 members (excludes halogenated alkanes) is 3. The number of aromatic hydroxyl groups is 4. The van der Waals surface area contributed by atoms with Gasteiger partial charge in [0.1, 0.15) is 0 Å². The second kappa shape index (κ2) is 12.2. The summed E-state index contributed by atoms with van der Waals surface area (Å²) in [5, 5.41) is 54.2. The molecule has 0 saturated heterocycles. The van der Waals surface area contributed by atoms with Crippen molar-refractivity contribution in [3.05, 3.63) is 47.5 Å². The minimum absolute atomic E-state index is 0.0789. The molecule has 1 atom stereocenters. The Morgan fingerprint density at radius 2 is 1.28 bits per heavy atom. The lowest BCUT2D eigenvalue weighted by Crippen LogP contribution is -2.22. The van der Waals surface area contributed by atoms with Gasteiger partial charge in [0.15, 0.2) is 23.0 Å². The first-order valence-electron chi connectivity index (χ1n) is 10.1. The zero-order valence-electron chi connectivity index (χ0n) is 16.6. The molecule has 0 saturated carbocycles. The summed E-state index contributed by atoms with van der Waals surface area (Å²) in [7, 11) is 0. The highest BCUT2D eigenvalue weighted by atomic mass is 16.3. The molecule has 2 aromatic rings. The zero-order valence-corrected chi connectivity index (χ0v) is 16.6. The van der Waals surface area contributed by atoms with Gasteiger partial charge in [0, 0.05) is 6.54 Å². The van der Waals surface area contributed by atoms with Crippen LogP contribution in [0.4, 0.5) is 0 Å². The first-order chi connectivity index (χ1) is 14.0. The maximum Gasteiger partial charge on any atom is 0.157 e. The van der Waals surface area contributed by atoms with Gasteiger partial charge in [0.2, 0.25) is 0 Å². The van der Waals surface area contributed by atoms with E-state index in [1.165, 1.54) is 18.2 Å². The smallest absolute Gasteiger partial charge is 0.157 e. The van der Waals surface area contributed by atoms with Crippen LogP contribution in [0.5, 0.6) is 23.0 Å². The van der Waals surface area contributed by atoms with Crippen molar-refractivity contribution in [2.24, 2.45) is 0 Å². The van der Waals surface area contributed by atoms with Gasteiger partial charge in [0.05, 0.1) is 6.10 Å². The van der Waals surface area contributed by atoms with E-state index >= 15 is 0 Å². The molecule has 7 heteroatoms. The van der Waals surface area contributed by atoms with E-state index in [9.17, 15) is 25.5 Å². The van der Waals surface area contributed by atoms with Gasteiger partial charge in [-0.1, -0.05) is 25.0 Å². The molecule has 0 bridgehead atoms. The second-order valence-electron chi connectivity index (χ2n) is 7.21. The molecule has 0 amide bonds. The molecule has 7 N–H and O–H groups in total. The average molecular weight is 405 g/mol. The Labute approximate surface area is 171 Å². The Bertz CT molecular complexity index is 754. The molecule has 0 aliphatic carbocycles. The van der Waals surface area contributed by atoms with Crippen LogP contribution >= 0.6 is 0 Å². The van der Waals surface area contributed by atoms with E-state index in [0.29, 0.717) is 12.1 Å². The van der Waals surface area contributed by atoms with Gasteiger partial charge >= 0.3 is 0 Å². The lowest BCUT2D eigenvalue weighted by atomic mass is 10.1. The largest absolute Gasteiger partial charge is 0.504 e. The number of phenols is 4. The van der Waals surface area contributed by atoms with E-state index in [4.69, 9.17) is 0 Å². The number of rotatable bonds is 13. The topological polar surface area (TPSA) is 125 Å². The Kier molecular flexibility index (Phi) is 9.56. The molecule has 0 spiro atoms. The molecule has 2 aromatic carbocycles. The third-order valence-electron chi connectivity index (χ3n) is 4.81. The van der Waals surface area contributed by atoms with E-state index in [1.54, 1.807) is 12.1 Å². The van der Waals surface area contributed by atoms with Crippen LogP contribution in [0.25, 0.3) is 0 Å². The molecular formula is C22H32N2O5. The number of phenolic OH excluding ortho intramolecular Hbond substituents is 4. The molecule has 1 unspecified atom stereocenters. The maximum absolute atomic E-state index is 10.1. The van der Waals surface area contributed by atoms with E-state index in [2.05, 4.69) is 10.6 Å². The maximum atomic E-state index is 10.1. The fourth-order valence-electron chi connectivity index (χ4n) is 3.04. The Morgan fingerprint density at radius 3 is 1.93 bits per heavy atom. The van der Waals surface area contributed by atoms with Gasteiger partial charge in [-0.15, -0.1) is 0 Å². The van der Waals surface area contributed by atoms with Crippen LogP contribution in [0.2, 0.25) is 0 Å². The molecule has 2 rings (SSSR count). The normalized spacial score (nSPS) is 12.2. The number of hydrogen-bond acceptors (Lipinski definition) is 7. The number of nitrogens with one attached hydrogen (secondary N) is 2. The van der Waals surface area contributed by atoms with Crippen molar-refractivity contribution in [1.29, 1.82) is 0 Å². The SMILES string of the molecule is Oc1ccc(CCNCCCCCCNCC(O)c2ccc(O)c(O)c2)cc1O.